The standard InChI is InChI=1S/C10H11N3O2S2/c1-7-4-3-5-9(6-7)17(14,15)13-10-12-11-8(2)16-10/h3-6H,1-2H3,(H,12,13). The van der Waals surface area contributed by atoms with Crippen LogP contribution in [0, 0.1) is 13.8 Å². The van der Waals surface area contributed by atoms with Gasteiger partial charge in [0, 0.05) is 0 Å². The highest BCUT2D eigenvalue weighted by Gasteiger charge is 2.16. The second kappa shape index (κ2) is 4.42. The van der Waals surface area contributed by atoms with E-state index in [9.17, 15) is 8.42 Å². The summed E-state index contributed by atoms with van der Waals surface area (Å²) < 4.78 is 26.4. The zero-order valence-corrected chi connectivity index (χ0v) is 11.0. The highest BCUT2D eigenvalue weighted by Crippen LogP contribution is 2.19. The van der Waals surface area contributed by atoms with Gasteiger partial charge in [-0.05, 0) is 31.5 Å². The number of hydrogen-bond acceptors (Lipinski definition) is 5. The van der Waals surface area contributed by atoms with Gasteiger partial charge in [0.1, 0.15) is 5.01 Å². The minimum Gasteiger partial charge on any atom is -0.253 e. The lowest BCUT2D eigenvalue weighted by Gasteiger charge is -2.04. The van der Waals surface area contributed by atoms with Gasteiger partial charge in [-0.15, -0.1) is 10.2 Å². The van der Waals surface area contributed by atoms with Crippen LogP contribution in [0.1, 0.15) is 10.6 Å². The molecule has 0 unspecified atom stereocenters. The van der Waals surface area contributed by atoms with Crippen molar-refractivity contribution in [2.24, 2.45) is 0 Å². The minimum atomic E-state index is -3.56. The van der Waals surface area contributed by atoms with Crippen molar-refractivity contribution < 1.29 is 8.42 Å². The molecule has 17 heavy (non-hydrogen) atoms. The predicted octanol–water partition coefficient (Wildman–Crippen LogP) is 1.96. The molecule has 1 aromatic carbocycles. The molecule has 90 valence electrons. The van der Waals surface area contributed by atoms with E-state index < -0.39 is 10.0 Å². The Labute approximate surface area is 104 Å². The van der Waals surface area contributed by atoms with Gasteiger partial charge >= 0.3 is 0 Å². The van der Waals surface area contributed by atoms with E-state index in [-0.39, 0.29) is 10.0 Å². The maximum atomic E-state index is 12.0. The average molecular weight is 269 g/mol. The first-order chi connectivity index (χ1) is 7.97. The smallest absolute Gasteiger partial charge is 0.253 e. The van der Waals surface area contributed by atoms with Gasteiger partial charge in [-0.25, -0.2) is 8.42 Å². The Kier molecular flexibility index (Phi) is 3.12. The van der Waals surface area contributed by atoms with Gasteiger partial charge in [-0.3, -0.25) is 4.72 Å². The van der Waals surface area contributed by atoms with E-state index >= 15 is 0 Å². The summed E-state index contributed by atoms with van der Waals surface area (Å²) in [5, 5.41) is 8.48. The zero-order valence-electron chi connectivity index (χ0n) is 9.34. The Morgan fingerprint density at radius 1 is 1.24 bits per heavy atom. The fourth-order valence-corrected chi connectivity index (χ4v) is 3.22. The largest absolute Gasteiger partial charge is 0.263 e. The molecule has 1 aromatic heterocycles. The second-order valence-corrected chi connectivity index (χ2v) is 6.41. The first-order valence-electron chi connectivity index (χ1n) is 4.87. The maximum absolute atomic E-state index is 12.0. The number of nitrogens with zero attached hydrogens (tertiary/aromatic N) is 2. The minimum absolute atomic E-state index is 0.227. The molecule has 2 rings (SSSR count). The van der Waals surface area contributed by atoms with Crippen LogP contribution in [0.4, 0.5) is 5.13 Å². The van der Waals surface area contributed by atoms with Crippen molar-refractivity contribution >= 4 is 26.5 Å². The van der Waals surface area contributed by atoms with Crippen LogP contribution in [-0.4, -0.2) is 18.6 Å². The molecule has 0 saturated heterocycles. The fraction of sp³-hybridized carbons (Fsp3) is 0.200. The van der Waals surface area contributed by atoms with E-state index in [1.165, 1.54) is 11.3 Å². The van der Waals surface area contributed by atoms with Gasteiger partial charge < -0.3 is 0 Å². The number of sulfonamides is 1. The predicted molar refractivity (Wildman–Crippen MR) is 66.6 cm³/mol. The number of aromatic nitrogens is 2. The van der Waals surface area contributed by atoms with Crippen molar-refractivity contribution in [1.29, 1.82) is 0 Å². The summed E-state index contributed by atoms with van der Waals surface area (Å²) in [5.74, 6) is 0. The average Bonchev–Trinajstić information content (AvgIpc) is 2.63. The van der Waals surface area contributed by atoms with Gasteiger partial charge in [0.05, 0.1) is 4.90 Å². The van der Waals surface area contributed by atoms with E-state index in [1.54, 1.807) is 25.1 Å². The number of aryl methyl sites for hydroxylation is 2. The molecule has 0 atom stereocenters. The molecule has 5 nitrogen and oxygen atoms in total. The Balaban J connectivity index is 2.31. The van der Waals surface area contributed by atoms with Crippen molar-refractivity contribution in [1.82, 2.24) is 10.2 Å². The molecular formula is C10H11N3O2S2. The molecule has 0 radical (unpaired) electrons. The highest BCUT2D eigenvalue weighted by atomic mass is 32.2. The van der Waals surface area contributed by atoms with Crippen LogP contribution >= 0.6 is 11.3 Å². The Morgan fingerprint density at radius 3 is 2.59 bits per heavy atom. The van der Waals surface area contributed by atoms with Crippen LogP contribution in [0.2, 0.25) is 0 Å². The summed E-state index contributed by atoms with van der Waals surface area (Å²) in [6, 6.07) is 6.70. The van der Waals surface area contributed by atoms with Crippen LogP contribution in [0.3, 0.4) is 0 Å². The highest BCUT2D eigenvalue weighted by molar-refractivity contribution is 7.93. The molecule has 0 aliphatic carbocycles. The molecule has 0 spiro atoms. The topological polar surface area (TPSA) is 72.0 Å². The van der Waals surface area contributed by atoms with E-state index in [4.69, 9.17) is 0 Å². The zero-order chi connectivity index (χ0) is 12.5. The molecule has 1 N–H and O–H groups in total. The second-order valence-electron chi connectivity index (χ2n) is 3.55. The normalized spacial score (nSPS) is 11.4. The summed E-state index contributed by atoms with van der Waals surface area (Å²) in [6.07, 6.45) is 0. The Bertz CT molecular complexity index is 635. The van der Waals surface area contributed by atoms with Crippen LogP contribution < -0.4 is 4.72 Å². The lowest BCUT2D eigenvalue weighted by atomic mass is 10.2. The van der Waals surface area contributed by atoms with Gasteiger partial charge in [-0.1, -0.05) is 23.5 Å². The Hall–Kier alpha value is -1.47. The lowest BCUT2D eigenvalue weighted by Crippen LogP contribution is -2.12. The maximum Gasteiger partial charge on any atom is 0.263 e. The van der Waals surface area contributed by atoms with Gasteiger partial charge in [0.25, 0.3) is 10.0 Å². The van der Waals surface area contributed by atoms with E-state index in [1.807, 2.05) is 13.0 Å². The van der Waals surface area contributed by atoms with Gasteiger partial charge in [-0.2, -0.15) is 0 Å². The number of rotatable bonds is 3. The molecule has 0 aliphatic heterocycles. The Morgan fingerprint density at radius 2 is 2.00 bits per heavy atom. The number of nitrogens with one attached hydrogen (secondary N) is 1. The molecule has 0 bridgehead atoms. The van der Waals surface area contributed by atoms with Crippen LogP contribution in [0.15, 0.2) is 29.2 Å². The summed E-state index contributed by atoms with van der Waals surface area (Å²) in [6.45, 7) is 3.61. The molecule has 0 aliphatic rings. The summed E-state index contributed by atoms with van der Waals surface area (Å²) in [5.41, 5.74) is 0.890. The summed E-state index contributed by atoms with van der Waals surface area (Å²) >= 11 is 1.20. The number of hydrogen-bond donors (Lipinski definition) is 1. The molecule has 7 heteroatoms. The van der Waals surface area contributed by atoms with Crippen LogP contribution in [0.5, 0.6) is 0 Å². The van der Waals surface area contributed by atoms with Crippen LogP contribution in [-0.2, 0) is 10.0 Å². The monoisotopic (exact) mass is 269 g/mol. The molecule has 2 aromatic rings. The molecule has 0 fully saturated rings. The SMILES string of the molecule is Cc1cccc(S(=O)(=O)Nc2nnc(C)s2)c1. The van der Waals surface area contributed by atoms with Crippen molar-refractivity contribution in [2.75, 3.05) is 4.72 Å². The van der Waals surface area contributed by atoms with E-state index in [0.717, 1.165) is 5.56 Å². The quantitative estimate of drug-likeness (QED) is 0.924. The lowest BCUT2D eigenvalue weighted by molar-refractivity contribution is 0.601. The van der Waals surface area contributed by atoms with Crippen molar-refractivity contribution in [3.63, 3.8) is 0 Å². The first kappa shape index (κ1) is 12.0. The first-order valence-corrected chi connectivity index (χ1v) is 7.17. The molecule has 0 amide bonds. The number of benzene rings is 1. The van der Waals surface area contributed by atoms with Crippen molar-refractivity contribution in [3.8, 4) is 0 Å². The number of anilines is 1. The van der Waals surface area contributed by atoms with Crippen molar-refractivity contribution in [2.45, 2.75) is 18.7 Å². The summed E-state index contributed by atoms with van der Waals surface area (Å²) in [4.78, 5) is 0.227. The fourth-order valence-electron chi connectivity index (χ4n) is 1.29. The third-order valence-corrected chi connectivity index (χ3v) is 4.27. The third kappa shape index (κ3) is 2.80. The third-order valence-electron chi connectivity index (χ3n) is 2.05. The van der Waals surface area contributed by atoms with E-state index in [0.29, 0.717) is 5.01 Å². The van der Waals surface area contributed by atoms with Gasteiger partial charge in [0.2, 0.25) is 5.13 Å². The molecular weight excluding hydrogens is 258 g/mol. The molecule has 0 saturated carbocycles. The van der Waals surface area contributed by atoms with E-state index in [2.05, 4.69) is 14.9 Å². The van der Waals surface area contributed by atoms with Crippen molar-refractivity contribution in [3.05, 3.63) is 34.8 Å². The van der Waals surface area contributed by atoms with Gasteiger partial charge in [0.15, 0.2) is 0 Å². The van der Waals surface area contributed by atoms with Crippen LogP contribution in [0.25, 0.3) is 0 Å². The summed E-state index contributed by atoms with van der Waals surface area (Å²) in [7, 11) is -3.56. The molecule has 1 heterocycles.